The average Bonchev–Trinajstić information content (AvgIpc) is 3.31. The minimum absolute atomic E-state index is 0.0413. The fraction of sp³-hybridized carbons (Fsp3) is 0.360. The molecule has 1 aromatic carbocycles. The minimum atomic E-state index is -0.0413. The Morgan fingerprint density at radius 1 is 1.12 bits per heavy atom. The Labute approximate surface area is 203 Å². The molecule has 1 aliphatic carbocycles. The Balaban J connectivity index is 1.38. The molecule has 1 aliphatic rings. The highest BCUT2D eigenvalue weighted by atomic mass is 35.5. The first-order valence-electron chi connectivity index (χ1n) is 10.9. The van der Waals surface area contributed by atoms with Gasteiger partial charge in [0.15, 0.2) is 0 Å². The maximum absolute atomic E-state index is 13.1. The maximum Gasteiger partial charge on any atom is 0.254 e. The van der Waals surface area contributed by atoms with E-state index in [1.165, 1.54) is 16.6 Å². The molecule has 0 bridgehead atoms. The van der Waals surface area contributed by atoms with Crippen molar-refractivity contribution in [3.63, 3.8) is 0 Å². The largest absolute Gasteiger partial charge is 0.349 e. The summed E-state index contributed by atoms with van der Waals surface area (Å²) in [6.45, 7) is 0. The zero-order chi connectivity index (χ0) is 22.5. The van der Waals surface area contributed by atoms with Gasteiger partial charge in [-0.3, -0.25) is 4.79 Å². The van der Waals surface area contributed by atoms with Crippen LogP contribution in [0.3, 0.4) is 0 Å². The normalized spacial score (nSPS) is 19.6. The van der Waals surface area contributed by atoms with Gasteiger partial charge >= 0.3 is 0 Å². The number of nitrogens with one attached hydrogen (secondary N) is 1. The van der Waals surface area contributed by atoms with Gasteiger partial charge in [-0.05, 0) is 93.5 Å². The molecule has 1 N–H and O–H groups in total. The number of nitrogens with zero attached hydrogens (tertiary/aromatic N) is 2. The second-order valence-electron chi connectivity index (χ2n) is 8.42. The molecule has 168 valence electrons. The SMILES string of the molecule is CN(C)C(c1cccs1)C1CCC(NC(=O)c2cccnc2Sc2ccc(Cl)cc2)CC1. The Morgan fingerprint density at radius 3 is 2.53 bits per heavy atom. The molecule has 3 aromatic rings. The van der Waals surface area contributed by atoms with Gasteiger partial charge in [0.05, 0.1) is 5.56 Å². The zero-order valence-corrected chi connectivity index (χ0v) is 20.7. The van der Waals surface area contributed by atoms with Crippen LogP contribution in [0.25, 0.3) is 0 Å². The number of hydrogen-bond donors (Lipinski definition) is 1. The maximum atomic E-state index is 13.1. The minimum Gasteiger partial charge on any atom is -0.349 e. The number of carbonyl (C=O) groups is 1. The van der Waals surface area contributed by atoms with Gasteiger partial charge in [-0.2, -0.15) is 0 Å². The highest BCUT2D eigenvalue weighted by Gasteiger charge is 2.31. The van der Waals surface area contributed by atoms with Crippen LogP contribution in [0.5, 0.6) is 0 Å². The number of halogens is 1. The lowest BCUT2D eigenvalue weighted by Gasteiger charge is -2.37. The van der Waals surface area contributed by atoms with E-state index in [1.54, 1.807) is 6.20 Å². The van der Waals surface area contributed by atoms with Crippen molar-refractivity contribution in [3.8, 4) is 0 Å². The molecule has 1 atom stereocenters. The molecule has 0 spiro atoms. The van der Waals surface area contributed by atoms with Crippen LogP contribution in [0.15, 0.2) is 70.0 Å². The quantitative estimate of drug-likeness (QED) is 0.412. The summed E-state index contributed by atoms with van der Waals surface area (Å²) in [4.78, 5) is 22.3. The number of thiophene rings is 1. The predicted octanol–water partition coefficient (Wildman–Crippen LogP) is 6.54. The fourth-order valence-corrected chi connectivity index (χ4v) is 6.49. The molecule has 1 saturated carbocycles. The van der Waals surface area contributed by atoms with Crippen molar-refractivity contribution in [2.75, 3.05) is 14.1 Å². The monoisotopic (exact) mass is 485 g/mol. The van der Waals surface area contributed by atoms with E-state index in [0.29, 0.717) is 27.6 Å². The second-order valence-corrected chi connectivity index (χ2v) is 10.9. The highest BCUT2D eigenvalue weighted by Crippen LogP contribution is 2.39. The van der Waals surface area contributed by atoms with E-state index in [1.807, 2.05) is 47.7 Å². The summed E-state index contributed by atoms with van der Waals surface area (Å²) in [6.07, 6.45) is 5.97. The number of carbonyl (C=O) groups excluding carboxylic acids is 1. The van der Waals surface area contributed by atoms with E-state index in [0.717, 1.165) is 30.6 Å². The Morgan fingerprint density at radius 2 is 1.88 bits per heavy atom. The van der Waals surface area contributed by atoms with Crippen LogP contribution in [0.1, 0.15) is 47.0 Å². The summed E-state index contributed by atoms with van der Waals surface area (Å²) in [7, 11) is 4.33. The number of benzene rings is 1. The first kappa shape index (κ1) is 23.3. The third kappa shape index (κ3) is 5.73. The summed E-state index contributed by atoms with van der Waals surface area (Å²) in [5.41, 5.74) is 0.624. The van der Waals surface area contributed by atoms with Crippen molar-refractivity contribution < 1.29 is 4.79 Å². The zero-order valence-electron chi connectivity index (χ0n) is 18.3. The summed E-state index contributed by atoms with van der Waals surface area (Å²) < 4.78 is 0. The molecule has 0 aliphatic heterocycles. The van der Waals surface area contributed by atoms with E-state index in [9.17, 15) is 4.79 Å². The molecule has 1 unspecified atom stereocenters. The second kappa shape index (κ2) is 10.8. The van der Waals surface area contributed by atoms with Crippen molar-refractivity contribution in [1.29, 1.82) is 0 Å². The highest BCUT2D eigenvalue weighted by molar-refractivity contribution is 7.99. The molecule has 32 heavy (non-hydrogen) atoms. The number of amides is 1. The van der Waals surface area contributed by atoms with Crippen LogP contribution in [-0.2, 0) is 0 Å². The van der Waals surface area contributed by atoms with Gasteiger partial charge in [-0.1, -0.05) is 29.4 Å². The summed E-state index contributed by atoms with van der Waals surface area (Å²) in [6, 6.07) is 16.3. The van der Waals surface area contributed by atoms with Crippen LogP contribution in [0.2, 0.25) is 5.02 Å². The number of pyridine rings is 1. The van der Waals surface area contributed by atoms with Crippen molar-refractivity contribution >= 4 is 40.6 Å². The molecule has 2 aromatic heterocycles. The van der Waals surface area contributed by atoms with E-state index >= 15 is 0 Å². The molecule has 1 fully saturated rings. The molecule has 2 heterocycles. The van der Waals surface area contributed by atoms with E-state index in [4.69, 9.17) is 11.6 Å². The van der Waals surface area contributed by atoms with Gasteiger partial charge in [0.25, 0.3) is 5.91 Å². The van der Waals surface area contributed by atoms with Crippen LogP contribution in [0, 0.1) is 5.92 Å². The summed E-state index contributed by atoms with van der Waals surface area (Å²) >= 11 is 9.31. The Bertz CT molecular complexity index is 1020. The number of rotatable bonds is 7. The summed E-state index contributed by atoms with van der Waals surface area (Å²) in [5.74, 6) is 0.576. The standard InChI is InChI=1S/C25H28ClN3OS2/c1-29(2)23(22-6-4-16-31-22)17-7-11-19(12-8-17)28-24(30)21-5-3-15-27-25(21)32-20-13-9-18(26)10-14-20/h3-6,9-10,13-17,19,23H,7-8,11-12H2,1-2H3,(H,28,30). The van der Waals surface area contributed by atoms with Crippen LogP contribution >= 0.6 is 34.7 Å². The van der Waals surface area contributed by atoms with Gasteiger partial charge < -0.3 is 10.2 Å². The molecule has 4 nitrogen and oxygen atoms in total. The third-order valence-electron chi connectivity index (χ3n) is 5.99. The van der Waals surface area contributed by atoms with Crippen molar-refractivity contribution in [3.05, 3.63) is 75.6 Å². The van der Waals surface area contributed by atoms with E-state index < -0.39 is 0 Å². The Hall–Kier alpha value is -1.86. The van der Waals surface area contributed by atoms with Gasteiger partial charge in [-0.25, -0.2) is 4.98 Å². The molecular weight excluding hydrogens is 458 g/mol. The van der Waals surface area contributed by atoms with Crippen LogP contribution < -0.4 is 5.32 Å². The number of hydrogen-bond acceptors (Lipinski definition) is 5. The topological polar surface area (TPSA) is 45.2 Å². The smallest absolute Gasteiger partial charge is 0.254 e. The lowest BCUT2D eigenvalue weighted by molar-refractivity contribution is 0.0904. The van der Waals surface area contributed by atoms with Crippen molar-refractivity contribution in [1.82, 2.24) is 15.2 Å². The van der Waals surface area contributed by atoms with Crippen molar-refractivity contribution in [2.45, 2.75) is 47.7 Å². The lowest BCUT2D eigenvalue weighted by Crippen LogP contribution is -2.40. The van der Waals surface area contributed by atoms with Gasteiger partial charge in [0.2, 0.25) is 0 Å². The van der Waals surface area contributed by atoms with Crippen LogP contribution in [0.4, 0.5) is 0 Å². The molecule has 7 heteroatoms. The first-order chi connectivity index (χ1) is 15.5. The Kier molecular flexibility index (Phi) is 7.89. The van der Waals surface area contributed by atoms with Crippen LogP contribution in [-0.4, -0.2) is 35.9 Å². The van der Waals surface area contributed by atoms with Gasteiger partial charge in [0.1, 0.15) is 5.03 Å². The van der Waals surface area contributed by atoms with Crippen molar-refractivity contribution in [2.24, 2.45) is 5.92 Å². The third-order valence-corrected chi connectivity index (χ3v) is 8.21. The van der Waals surface area contributed by atoms with E-state index in [2.05, 4.69) is 46.8 Å². The van der Waals surface area contributed by atoms with E-state index in [-0.39, 0.29) is 11.9 Å². The van der Waals surface area contributed by atoms with Gasteiger partial charge in [0, 0.05) is 33.1 Å². The molecule has 0 radical (unpaired) electrons. The molecule has 1 amide bonds. The number of aromatic nitrogens is 1. The van der Waals surface area contributed by atoms with Gasteiger partial charge in [-0.15, -0.1) is 11.3 Å². The molecule has 0 saturated heterocycles. The first-order valence-corrected chi connectivity index (χ1v) is 13.0. The molecular formula is C25H28ClN3OS2. The summed E-state index contributed by atoms with van der Waals surface area (Å²) in [5, 5.41) is 6.84. The average molecular weight is 486 g/mol. The predicted molar refractivity (Wildman–Crippen MR) is 134 cm³/mol. The molecule has 4 rings (SSSR count). The fourth-order valence-electron chi connectivity index (χ4n) is 4.47. The lowest BCUT2D eigenvalue weighted by atomic mass is 9.80.